The van der Waals surface area contributed by atoms with Crippen molar-refractivity contribution in [3.05, 3.63) is 59.3 Å². The van der Waals surface area contributed by atoms with Crippen molar-refractivity contribution in [1.82, 2.24) is 9.88 Å². The average molecular weight is 304 g/mol. The van der Waals surface area contributed by atoms with E-state index in [-0.39, 0.29) is 12.0 Å². The summed E-state index contributed by atoms with van der Waals surface area (Å²) in [6.07, 6.45) is 1.39. The van der Waals surface area contributed by atoms with Gasteiger partial charge in [-0.05, 0) is 30.3 Å². The lowest BCUT2D eigenvalue weighted by molar-refractivity contribution is 0.0160. The summed E-state index contributed by atoms with van der Waals surface area (Å²) in [7, 11) is 0. The number of carbonyl (C=O) groups is 1. The summed E-state index contributed by atoms with van der Waals surface area (Å²) in [5, 5.41) is 17.6. The fourth-order valence-electron chi connectivity index (χ4n) is 2.26. The SMILES string of the molecule is N#Cc1ccc(C(=O)N2CC(Oc3cc(C#N)ccn3)C2)cc1. The van der Waals surface area contributed by atoms with Crippen LogP contribution in [0.15, 0.2) is 42.6 Å². The average Bonchev–Trinajstić information content (AvgIpc) is 2.57. The number of likely N-dealkylation sites (tertiary alicyclic amines) is 1. The van der Waals surface area contributed by atoms with Gasteiger partial charge in [-0.1, -0.05) is 0 Å². The van der Waals surface area contributed by atoms with Crippen LogP contribution in [0, 0.1) is 22.7 Å². The van der Waals surface area contributed by atoms with Crippen LogP contribution in [0.3, 0.4) is 0 Å². The smallest absolute Gasteiger partial charge is 0.254 e. The summed E-state index contributed by atoms with van der Waals surface area (Å²) in [6, 6.07) is 13.8. The summed E-state index contributed by atoms with van der Waals surface area (Å²) in [5.74, 6) is 0.299. The van der Waals surface area contributed by atoms with E-state index in [0.717, 1.165) is 0 Å². The maximum atomic E-state index is 12.3. The van der Waals surface area contributed by atoms with Crippen molar-refractivity contribution in [2.75, 3.05) is 13.1 Å². The number of benzene rings is 1. The zero-order chi connectivity index (χ0) is 16.2. The molecular weight excluding hydrogens is 292 g/mol. The maximum Gasteiger partial charge on any atom is 0.254 e. The molecule has 2 aromatic rings. The van der Waals surface area contributed by atoms with Gasteiger partial charge in [-0.15, -0.1) is 0 Å². The first-order valence-electron chi connectivity index (χ1n) is 7.02. The molecule has 23 heavy (non-hydrogen) atoms. The standard InChI is InChI=1S/C17H12N4O2/c18-8-12-1-3-14(4-2-12)17(22)21-10-15(11-21)23-16-7-13(9-19)5-6-20-16/h1-7,15H,10-11H2. The lowest BCUT2D eigenvalue weighted by Gasteiger charge is -2.38. The fraction of sp³-hybridized carbons (Fsp3) is 0.176. The summed E-state index contributed by atoms with van der Waals surface area (Å²) in [6.45, 7) is 0.939. The minimum absolute atomic E-state index is 0.0897. The summed E-state index contributed by atoms with van der Waals surface area (Å²) in [5.41, 5.74) is 1.56. The van der Waals surface area contributed by atoms with Crippen molar-refractivity contribution in [2.45, 2.75) is 6.10 Å². The second kappa shape index (κ2) is 6.17. The van der Waals surface area contributed by atoms with E-state index in [1.165, 1.54) is 6.20 Å². The van der Waals surface area contributed by atoms with Gasteiger partial charge >= 0.3 is 0 Å². The molecule has 3 rings (SSSR count). The predicted octanol–water partition coefficient (Wildman–Crippen LogP) is 1.73. The van der Waals surface area contributed by atoms with E-state index in [1.54, 1.807) is 41.3 Å². The Kier molecular flexibility index (Phi) is 3.90. The maximum absolute atomic E-state index is 12.3. The second-order valence-corrected chi connectivity index (χ2v) is 5.13. The summed E-state index contributed by atoms with van der Waals surface area (Å²) in [4.78, 5) is 18.0. The van der Waals surface area contributed by atoms with E-state index >= 15 is 0 Å². The number of amides is 1. The van der Waals surface area contributed by atoms with Gasteiger partial charge in [0.05, 0.1) is 36.4 Å². The van der Waals surface area contributed by atoms with Crippen LogP contribution in [0.4, 0.5) is 0 Å². The molecule has 0 aliphatic carbocycles. The third-order valence-electron chi connectivity index (χ3n) is 3.55. The molecule has 2 heterocycles. The highest BCUT2D eigenvalue weighted by Crippen LogP contribution is 2.19. The van der Waals surface area contributed by atoms with Crippen LogP contribution in [0.1, 0.15) is 21.5 Å². The largest absolute Gasteiger partial charge is 0.471 e. The van der Waals surface area contributed by atoms with E-state index in [0.29, 0.717) is 35.7 Å². The Morgan fingerprint density at radius 2 is 1.83 bits per heavy atom. The van der Waals surface area contributed by atoms with Crippen LogP contribution in [0.2, 0.25) is 0 Å². The van der Waals surface area contributed by atoms with Gasteiger partial charge in [0.1, 0.15) is 6.10 Å². The molecule has 0 unspecified atom stereocenters. The Morgan fingerprint density at radius 1 is 1.13 bits per heavy atom. The van der Waals surface area contributed by atoms with Gasteiger partial charge in [-0.3, -0.25) is 4.79 Å². The van der Waals surface area contributed by atoms with E-state index in [9.17, 15) is 4.79 Å². The number of hydrogen-bond donors (Lipinski definition) is 0. The zero-order valence-corrected chi connectivity index (χ0v) is 12.1. The number of nitriles is 2. The Morgan fingerprint density at radius 3 is 2.48 bits per heavy atom. The molecule has 0 saturated carbocycles. The van der Waals surface area contributed by atoms with Crippen LogP contribution >= 0.6 is 0 Å². The zero-order valence-electron chi connectivity index (χ0n) is 12.1. The van der Waals surface area contributed by atoms with Crippen molar-refractivity contribution in [1.29, 1.82) is 10.5 Å². The van der Waals surface area contributed by atoms with Crippen molar-refractivity contribution < 1.29 is 9.53 Å². The van der Waals surface area contributed by atoms with Crippen LogP contribution in [0.25, 0.3) is 0 Å². The highest BCUT2D eigenvalue weighted by atomic mass is 16.5. The molecule has 0 atom stereocenters. The van der Waals surface area contributed by atoms with Crippen LogP contribution in [-0.2, 0) is 0 Å². The van der Waals surface area contributed by atoms with E-state index in [2.05, 4.69) is 4.98 Å². The highest BCUT2D eigenvalue weighted by molar-refractivity contribution is 5.94. The topological polar surface area (TPSA) is 90.0 Å². The normalized spacial score (nSPS) is 13.6. The Bertz CT molecular complexity index is 812. The molecule has 0 spiro atoms. The minimum atomic E-state index is -0.126. The number of ether oxygens (including phenoxy) is 1. The van der Waals surface area contributed by atoms with Gasteiger partial charge in [0.15, 0.2) is 0 Å². The van der Waals surface area contributed by atoms with Gasteiger partial charge in [0.2, 0.25) is 5.88 Å². The van der Waals surface area contributed by atoms with E-state index in [1.807, 2.05) is 12.1 Å². The lowest BCUT2D eigenvalue weighted by Crippen LogP contribution is -2.56. The highest BCUT2D eigenvalue weighted by Gasteiger charge is 2.33. The third-order valence-corrected chi connectivity index (χ3v) is 3.55. The summed E-state index contributed by atoms with van der Waals surface area (Å²) < 4.78 is 5.65. The number of carbonyl (C=O) groups excluding carboxylic acids is 1. The van der Waals surface area contributed by atoms with Gasteiger partial charge in [0.25, 0.3) is 5.91 Å². The third kappa shape index (κ3) is 3.12. The molecule has 1 fully saturated rings. The van der Waals surface area contributed by atoms with Crippen molar-refractivity contribution in [2.24, 2.45) is 0 Å². The van der Waals surface area contributed by atoms with Gasteiger partial charge in [-0.25, -0.2) is 4.98 Å². The van der Waals surface area contributed by atoms with Crippen molar-refractivity contribution >= 4 is 5.91 Å². The first-order valence-corrected chi connectivity index (χ1v) is 7.02. The Hall–Kier alpha value is -3.38. The molecule has 1 aliphatic heterocycles. The molecule has 1 aromatic heterocycles. The molecule has 6 nitrogen and oxygen atoms in total. The van der Waals surface area contributed by atoms with Crippen LogP contribution in [0.5, 0.6) is 5.88 Å². The van der Waals surface area contributed by atoms with Crippen molar-refractivity contribution in [3.8, 4) is 18.0 Å². The van der Waals surface area contributed by atoms with E-state index < -0.39 is 0 Å². The minimum Gasteiger partial charge on any atom is -0.471 e. The molecule has 0 N–H and O–H groups in total. The quantitative estimate of drug-likeness (QED) is 0.861. The number of hydrogen-bond acceptors (Lipinski definition) is 5. The molecule has 112 valence electrons. The molecule has 0 bridgehead atoms. The molecule has 1 aliphatic rings. The van der Waals surface area contributed by atoms with Crippen LogP contribution < -0.4 is 4.74 Å². The monoisotopic (exact) mass is 304 g/mol. The second-order valence-electron chi connectivity index (χ2n) is 5.13. The van der Waals surface area contributed by atoms with Crippen molar-refractivity contribution in [3.63, 3.8) is 0 Å². The van der Waals surface area contributed by atoms with Gasteiger partial charge in [-0.2, -0.15) is 10.5 Å². The molecule has 1 saturated heterocycles. The number of rotatable bonds is 3. The first-order chi connectivity index (χ1) is 11.2. The fourth-order valence-corrected chi connectivity index (χ4v) is 2.26. The Balaban J connectivity index is 1.57. The molecule has 1 aromatic carbocycles. The number of aromatic nitrogens is 1. The van der Waals surface area contributed by atoms with Crippen LogP contribution in [-0.4, -0.2) is 35.0 Å². The van der Waals surface area contributed by atoms with Gasteiger partial charge in [0, 0.05) is 17.8 Å². The first kappa shape index (κ1) is 14.6. The molecule has 6 heteroatoms. The lowest BCUT2D eigenvalue weighted by atomic mass is 10.1. The molecule has 1 amide bonds. The predicted molar refractivity (Wildman–Crippen MR) is 80.4 cm³/mol. The van der Waals surface area contributed by atoms with E-state index in [4.69, 9.17) is 15.3 Å². The Labute approximate surface area is 133 Å². The number of nitrogens with zero attached hydrogens (tertiary/aromatic N) is 4. The summed E-state index contributed by atoms with van der Waals surface area (Å²) >= 11 is 0. The molecular formula is C17H12N4O2. The number of pyridine rings is 1. The van der Waals surface area contributed by atoms with Gasteiger partial charge < -0.3 is 9.64 Å². The molecule has 0 radical (unpaired) electrons.